The summed E-state index contributed by atoms with van der Waals surface area (Å²) in [4.78, 5) is 12.6. The molecular formula is C27H45NO2. The lowest BCUT2D eigenvalue weighted by molar-refractivity contribution is -0.153. The first kappa shape index (κ1) is 21.4. The molecule has 30 heavy (non-hydrogen) atoms. The summed E-state index contributed by atoms with van der Waals surface area (Å²) >= 11 is 0. The Labute approximate surface area is 184 Å². The molecule has 0 bridgehead atoms. The topological polar surface area (TPSA) is 49.3 Å². The van der Waals surface area contributed by atoms with Gasteiger partial charge in [0, 0.05) is 18.4 Å². The Kier molecular flexibility index (Phi) is 5.62. The zero-order valence-electron chi connectivity index (χ0n) is 19.6. The highest BCUT2D eigenvalue weighted by Gasteiger charge is 2.61. The molecule has 3 heteroatoms. The van der Waals surface area contributed by atoms with E-state index in [-0.39, 0.29) is 5.41 Å². The first-order valence-corrected chi connectivity index (χ1v) is 13.3. The van der Waals surface area contributed by atoms with Gasteiger partial charge in [-0.2, -0.15) is 0 Å². The fourth-order valence-corrected chi connectivity index (χ4v) is 9.15. The summed E-state index contributed by atoms with van der Waals surface area (Å²) < 4.78 is 0. The second-order valence-electron chi connectivity index (χ2n) is 12.6. The Balaban J connectivity index is 1.22. The first-order chi connectivity index (χ1) is 14.3. The molecule has 0 aromatic heterocycles. The van der Waals surface area contributed by atoms with E-state index in [0.29, 0.717) is 23.0 Å². The lowest BCUT2D eigenvalue weighted by Crippen LogP contribution is -2.57. The molecule has 170 valence electrons. The second kappa shape index (κ2) is 7.87. The van der Waals surface area contributed by atoms with Crippen molar-refractivity contribution in [2.24, 2.45) is 40.4 Å². The minimum absolute atomic E-state index is 0.0111. The van der Waals surface area contributed by atoms with E-state index in [9.17, 15) is 9.90 Å². The summed E-state index contributed by atoms with van der Waals surface area (Å²) in [5, 5.41) is 15.2. The molecular weight excluding hydrogens is 370 g/mol. The summed E-state index contributed by atoms with van der Waals surface area (Å²) in [6.07, 6.45) is 17.0. The summed E-state index contributed by atoms with van der Waals surface area (Å²) in [6.45, 7) is 6.74. The third kappa shape index (κ3) is 3.51. The number of hydrogen-bond acceptors (Lipinski definition) is 3. The van der Waals surface area contributed by atoms with Crippen LogP contribution >= 0.6 is 0 Å². The van der Waals surface area contributed by atoms with E-state index >= 15 is 0 Å². The largest absolute Gasteiger partial charge is 0.389 e. The number of Topliss-reactive ketones (excluding diaryl/α,β-unsaturated/α-hetero) is 1. The van der Waals surface area contributed by atoms with Crippen molar-refractivity contribution in [2.45, 2.75) is 109 Å². The third-order valence-electron chi connectivity index (χ3n) is 11.1. The van der Waals surface area contributed by atoms with Gasteiger partial charge >= 0.3 is 0 Å². The van der Waals surface area contributed by atoms with Crippen molar-refractivity contribution in [1.29, 1.82) is 0 Å². The number of carbonyl (C=O) groups excluding carboxylic acids is 1. The average molecular weight is 416 g/mol. The fourth-order valence-electron chi connectivity index (χ4n) is 9.15. The van der Waals surface area contributed by atoms with Crippen LogP contribution in [0.5, 0.6) is 0 Å². The molecule has 0 spiro atoms. The summed E-state index contributed by atoms with van der Waals surface area (Å²) in [5.41, 5.74) is -0.132. The first-order valence-electron chi connectivity index (χ1n) is 13.3. The predicted molar refractivity (Wildman–Crippen MR) is 121 cm³/mol. The Morgan fingerprint density at radius 3 is 2.53 bits per heavy atom. The van der Waals surface area contributed by atoms with Crippen molar-refractivity contribution in [3.63, 3.8) is 0 Å². The van der Waals surface area contributed by atoms with Gasteiger partial charge in [0.1, 0.15) is 5.78 Å². The van der Waals surface area contributed by atoms with E-state index in [0.717, 1.165) is 62.9 Å². The average Bonchev–Trinajstić information content (AvgIpc) is 3.04. The van der Waals surface area contributed by atoms with Gasteiger partial charge in [0.05, 0.1) is 5.60 Å². The van der Waals surface area contributed by atoms with Crippen LogP contribution in [-0.4, -0.2) is 29.6 Å². The molecule has 5 aliphatic rings. The van der Waals surface area contributed by atoms with Gasteiger partial charge in [-0.05, 0) is 106 Å². The smallest absolute Gasteiger partial charge is 0.139 e. The molecule has 3 nitrogen and oxygen atoms in total. The van der Waals surface area contributed by atoms with Crippen molar-refractivity contribution < 1.29 is 9.90 Å². The van der Waals surface area contributed by atoms with Gasteiger partial charge in [-0.3, -0.25) is 4.79 Å². The van der Waals surface area contributed by atoms with E-state index in [1.54, 1.807) is 0 Å². The van der Waals surface area contributed by atoms with Crippen LogP contribution in [0.4, 0.5) is 0 Å². The molecule has 0 unspecified atom stereocenters. The molecule has 0 heterocycles. The Morgan fingerprint density at radius 1 is 0.933 bits per heavy atom. The standard InChI is InChI=1S/C27H45NO2/c1-25-14-15-27(30,18-28-17-19-6-4-3-5-7-19)16-20(25)8-9-21-22-10-11-24(29)26(22,2)13-12-23(21)25/h19-23,28,30H,3-18H2,1-2H3/t20-,21-,22-,23-,25-,26-,27+/m0/s1. The van der Waals surface area contributed by atoms with Gasteiger partial charge in [-0.25, -0.2) is 0 Å². The maximum Gasteiger partial charge on any atom is 0.139 e. The molecule has 5 aliphatic carbocycles. The van der Waals surface area contributed by atoms with Crippen molar-refractivity contribution in [3.05, 3.63) is 0 Å². The second-order valence-corrected chi connectivity index (χ2v) is 12.6. The molecule has 0 radical (unpaired) electrons. The quantitative estimate of drug-likeness (QED) is 0.637. The van der Waals surface area contributed by atoms with Crippen molar-refractivity contribution in [3.8, 4) is 0 Å². The number of nitrogens with one attached hydrogen (secondary N) is 1. The number of ketones is 1. The molecule has 5 rings (SSSR count). The van der Waals surface area contributed by atoms with Crippen LogP contribution in [-0.2, 0) is 4.79 Å². The maximum absolute atomic E-state index is 12.6. The van der Waals surface area contributed by atoms with Gasteiger partial charge in [-0.1, -0.05) is 33.1 Å². The highest BCUT2D eigenvalue weighted by Crippen LogP contribution is 2.66. The van der Waals surface area contributed by atoms with Gasteiger partial charge in [0.2, 0.25) is 0 Å². The van der Waals surface area contributed by atoms with E-state index in [1.165, 1.54) is 57.8 Å². The van der Waals surface area contributed by atoms with E-state index in [2.05, 4.69) is 19.2 Å². The predicted octanol–water partition coefficient (Wildman–Crippen LogP) is 5.50. The highest BCUT2D eigenvalue weighted by molar-refractivity contribution is 5.87. The molecule has 0 aromatic rings. The van der Waals surface area contributed by atoms with Gasteiger partial charge < -0.3 is 10.4 Å². The van der Waals surface area contributed by atoms with E-state index in [1.807, 2.05) is 0 Å². The molecule has 5 fully saturated rings. The molecule has 0 aromatic carbocycles. The summed E-state index contributed by atoms with van der Waals surface area (Å²) in [6, 6.07) is 0. The molecule has 0 amide bonds. The fraction of sp³-hybridized carbons (Fsp3) is 0.963. The Bertz CT molecular complexity index is 657. The molecule has 2 N–H and O–H groups in total. The number of fused-ring (bicyclic) bond motifs is 5. The molecule has 0 saturated heterocycles. The van der Waals surface area contributed by atoms with Gasteiger partial charge in [-0.15, -0.1) is 0 Å². The maximum atomic E-state index is 12.6. The number of carbonyl (C=O) groups is 1. The minimum Gasteiger partial charge on any atom is -0.389 e. The molecule has 0 aliphatic heterocycles. The van der Waals surface area contributed by atoms with Crippen LogP contribution < -0.4 is 5.32 Å². The van der Waals surface area contributed by atoms with Crippen molar-refractivity contribution in [2.75, 3.05) is 13.1 Å². The Morgan fingerprint density at radius 2 is 1.73 bits per heavy atom. The van der Waals surface area contributed by atoms with Crippen LogP contribution in [0.25, 0.3) is 0 Å². The molecule has 7 atom stereocenters. The van der Waals surface area contributed by atoms with Crippen molar-refractivity contribution >= 4 is 5.78 Å². The van der Waals surface area contributed by atoms with E-state index in [4.69, 9.17) is 0 Å². The number of hydrogen-bond donors (Lipinski definition) is 2. The van der Waals surface area contributed by atoms with Crippen LogP contribution in [0, 0.1) is 40.4 Å². The van der Waals surface area contributed by atoms with Gasteiger partial charge in [0.15, 0.2) is 0 Å². The lowest BCUT2D eigenvalue weighted by atomic mass is 9.44. The van der Waals surface area contributed by atoms with Crippen LogP contribution in [0.3, 0.4) is 0 Å². The minimum atomic E-state index is -0.502. The SMILES string of the molecule is C[C@]12CC[C@](O)(CNCC3CCCCC3)C[C@@H]1CC[C@@H]1[C@@H]2CC[C@]2(C)C(=O)CC[C@@H]12. The highest BCUT2D eigenvalue weighted by atomic mass is 16.3. The lowest BCUT2D eigenvalue weighted by Gasteiger charge is -2.61. The zero-order chi connectivity index (χ0) is 21.0. The van der Waals surface area contributed by atoms with Crippen LogP contribution in [0.2, 0.25) is 0 Å². The third-order valence-corrected chi connectivity index (χ3v) is 11.1. The molecule has 5 saturated carbocycles. The van der Waals surface area contributed by atoms with Crippen LogP contribution in [0.15, 0.2) is 0 Å². The summed E-state index contributed by atoms with van der Waals surface area (Å²) in [7, 11) is 0. The monoisotopic (exact) mass is 415 g/mol. The van der Waals surface area contributed by atoms with Crippen molar-refractivity contribution in [1.82, 2.24) is 5.32 Å². The summed E-state index contributed by atoms with van der Waals surface area (Å²) in [5.74, 6) is 4.22. The van der Waals surface area contributed by atoms with Gasteiger partial charge in [0.25, 0.3) is 0 Å². The normalized spacial score (nSPS) is 49.4. The zero-order valence-corrected chi connectivity index (χ0v) is 19.6. The number of aliphatic hydroxyl groups is 1. The van der Waals surface area contributed by atoms with Crippen LogP contribution in [0.1, 0.15) is 104 Å². The number of rotatable bonds is 4. The Hall–Kier alpha value is -0.410. The van der Waals surface area contributed by atoms with E-state index < -0.39 is 5.60 Å².